The van der Waals surface area contributed by atoms with Crippen LogP contribution in [-0.4, -0.2) is 69.0 Å². The molecule has 0 saturated heterocycles. The number of carbonyl (C=O) groups excluding carboxylic acids is 2. The number of hydrogen-bond acceptors (Lipinski definition) is 7. The van der Waals surface area contributed by atoms with Crippen molar-refractivity contribution in [2.24, 2.45) is 5.41 Å². The number of fused-ring (bicyclic) bond motifs is 1. The first-order chi connectivity index (χ1) is 17.7. The van der Waals surface area contributed by atoms with Crippen LogP contribution >= 0.6 is 0 Å². The fourth-order valence-electron chi connectivity index (χ4n) is 3.31. The maximum Gasteiger partial charge on any atom is 0.422 e. The van der Waals surface area contributed by atoms with Gasteiger partial charge in [0.15, 0.2) is 12.4 Å². The normalized spacial score (nSPS) is 12.9. The van der Waals surface area contributed by atoms with Gasteiger partial charge in [-0.3, -0.25) is 9.78 Å². The fourth-order valence-corrected chi connectivity index (χ4v) is 4.56. The van der Waals surface area contributed by atoms with E-state index in [-0.39, 0.29) is 35.5 Å². The molecule has 0 aliphatic heterocycles. The molecule has 0 spiro atoms. The number of hydrogen-bond donors (Lipinski definition) is 0. The Morgan fingerprint density at radius 3 is 2.50 bits per heavy atom. The molecule has 206 valence electrons. The number of pyridine rings is 1. The van der Waals surface area contributed by atoms with E-state index in [0.29, 0.717) is 16.6 Å². The lowest BCUT2D eigenvalue weighted by Crippen LogP contribution is -2.36. The molecule has 0 aliphatic carbocycles. The highest BCUT2D eigenvalue weighted by molar-refractivity contribution is 7.90. The molecule has 0 saturated carbocycles. The molecule has 3 rings (SSSR count). The lowest BCUT2D eigenvalue weighted by atomic mass is 9.97. The predicted molar refractivity (Wildman–Crippen MR) is 134 cm³/mol. The van der Waals surface area contributed by atoms with Gasteiger partial charge in [-0.15, -0.1) is 0 Å². The second-order valence-electron chi connectivity index (χ2n) is 9.58. The molecule has 3 aromatic rings. The number of halogens is 3. The van der Waals surface area contributed by atoms with Crippen molar-refractivity contribution in [3.8, 4) is 5.75 Å². The van der Waals surface area contributed by atoms with Crippen LogP contribution in [0.25, 0.3) is 11.0 Å². The van der Waals surface area contributed by atoms with Crippen molar-refractivity contribution >= 4 is 34.2 Å². The number of para-hydroxylation sites is 2. The van der Waals surface area contributed by atoms with Crippen LogP contribution in [0.2, 0.25) is 0 Å². The zero-order chi connectivity index (χ0) is 28.3. The summed E-state index contributed by atoms with van der Waals surface area (Å²) in [6, 6.07) is 7.51. The van der Waals surface area contributed by atoms with Crippen LogP contribution in [0.4, 0.5) is 18.0 Å². The Morgan fingerprint density at radius 2 is 1.84 bits per heavy atom. The van der Waals surface area contributed by atoms with Crippen molar-refractivity contribution in [1.82, 2.24) is 19.4 Å². The maximum atomic E-state index is 13.5. The van der Waals surface area contributed by atoms with Crippen molar-refractivity contribution in [3.05, 3.63) is 47.8 Å². The van der Waals surface area contributed by atoms with E-state index in [2.05, 4.69) is 9.97 Å². The molecule has 13 heteroatoms. The Morgan fingerprint density at radius 1 is 1.16 bits per heavy atom. The smallest absolute Gasteiger partial charge is 0.422 e. The fraction of sp³-hybridized carbons (Fsp3) is 0.440. The summed E-state index contributed by atoms with van der Waals surface area (Å²) in [5.74, 6) is -0.644. The highest BCUT2D eigenvalue weighted by Gasteiger charge is 2.31. The molecule has 0 bridgehead atoms. The number of benzene rings is 1. The molecule has 1 atom stereocenters. The van der Waals surface area contributed by atoms with E-state index in [9.17, 15) is 27.3 Å². The summed E-state index contributed by atoms with van der Waals surface area (Å²) in [7, 11) is 1.52. The summed E-state index contributed by atoms with van der Waals surface area (Å²) >= 11 is -1.90. The van der Waals surface area contributed by atoms with Crippen molar-refractivity contribution in [2.45, 2.75) is 44.8 Å². The van der Waals surface area contributed by atoms with E-state index in [4.69, 9.17) is 9.47 Å². The summed E-state index contributed by atoms with van der Waals surface area (Å²) in [6.45, 7) is 5.26. The highest BCUT2D eigenvalue weighted by Crippen LogP contribution is 2.27. The number of imidazole rings is 1. The van der Waals surface area contributed by atoms with Gasteiger partial charge in [-0.25, -0.2) is 9.36 Å². The first-order valence-electron chi connectivity index (χ1n) is 11.6. The molecule has 2 aromatic heterocycles. The molecular formula is C25H29F3N4O5S. The van der Waals surface area contributed by atoms with Gasteiger partial charge in [0, 0.05) is 30.0 Å². The number of rotatable bonds is 8. The number of amides is 1. The lowest BCUT2D eigenvalue weighted by Gasteiger charge is -2.21. The van der Waals surface area contributed by atoms with Crippen LogP contribution in [0.15, 0.2) is 41.7 Å². The topological polar surface area (TPSA) is 110 Å². The van der Waals surface area contributed by atoms with Crippen LogP contribution in [0.3, 0.4) is 0 Å². The Bertz CT molecular complexity index is 1310. The van der Waals surface area contributed by atoms with Gasteiger partial charge in [0.2, 0.25) is 0 Å². The highest BCUT2D eigenvalue weighted by atomic mass is 32.2. The predicted octanol–water partition coefficient (Wildman–Crippen LogP) is 4.48. The second-order valence-corrected chi connectivity index (χ2v) is 10.9. The molecule has 1 amide bonds. The molecule has 38 heavy (non-hydrogen) atoms. The minimum atomic E-state index is -4.51. The molecule has 0 aliphatic rings. The van der Waals surface area contributed by atoms with Gasteiger partial charge in [0.1, 0.15) is 12.4 Å². The zero-order valence-corrected chi connectivity index (χ0v) is 22.5. The van der Waals surface area contributed by atoms with Gasteiger partial charge in [0.05, 0.1) is 28.7 Å². The van der Waals surface area contributed by atoms with Crippen LogP contribution in [0.1, 0.15) is 32.0 Å². The van der Waals surface area contributed by atoms with Crippen LogP contribution in [0, 0.1) is 12.3 Å². The van der Waals surface area contributed by atoms with Gasteiger partial charge in [0.25, 0.3) is 0 Å². The molecule has 1 aromatic carbocycles. The third kappa shape index (κ3) is 7.16. The van der Waals surface area contributed by atoms with E-state index in [1.807, 2.05) is 0 Å². The van der Waals surface area contributed by atoms with Gasteiger partial charge < -0.3 is 18.9 Å². The van der Waals surface area contributed by atoms with E-state index in [1.165, 1.54) is 35.7 Å². The van der Waals surface area contributed by atoms with E-state index in [0.717, 1.165) is 0 Å². The molecule has 0 N–H and O–H groups in total. The average molecular weight is 555 g/mol. The molecule has 2 heterocycles. The van der Waals surface area contributed by atoms with Crippen LogP contribution < -0.4 is 4.74 Å². The number of aromatic nitrogens is 3. The number of esters is 1. The molecule has 9 nitrogen and oxygen atoms in total. The first-order valence-corrected chi connectivity index (χ1v) is 12.9. The third-order valence-electron chi connectivity index (χ3n) is 5.44. The number of likely N-dealkylation sites (N-methyl/N-ethyl adjacent to an activating group) is 1. The number of carbonyl (C=O) groups is 2. The summed E-state index contributed by atoms with van der Waals surface area (Å²) in [4.78, 5) is 35.3. The zero-order valence-electron chi connectivity index (χ0n) is 21.7. The van der Waals surface area contributed by atoms with Gasteiger partial charge in [-0.2, -0.15) is 18.2 Å². The SMILES string of the molecule is Cc1c(OCC(F)(F)F)ccnc1C[S+]([O-])c1nc2ccccc2n1C(=O)N(C)CCOC(=O)C(C)(C)C. The minimum absolute atomic E-state index is 0.0292. The number of alkyl halides is 3. The van der Waals surface area contributed by atoms with Crippen LogP contribution in [0.5, 0.6) is 5.75 Å². The lowest BCUT2D eigenvalue weighted by molar-refractivity contribution is -0.154. The van der Waals surface area contributed by atoms with Crippen molar-refractivity contribution in [3.63, 3.8) is 0 Å². The summed E-state index contributed by atoms with van der Waals surface area (Å²) in [5.41, 5.74) is 0.720. The van der Waals surface area contributed by atoms with Gasteiger partial charge in [-0.05, 0) is 45.9 Å². The summed E-state index contributed by atoms with van der Waals surface area (Å²) in [5, 5.41) is -0.0439. The maximum absolute atomic E-state index is 13.5. The van der Waals surface area contributed by atoms with E-state index < -0.39 is 41.4 Å². The summed E-state index contributed by atoms with van der Waals surface area (Å²) < 4.78 is 62.6. The van der Waals surface area contributed by atoms with Crippen molar-refractivity contribution in [2.75, 3.05) is 26.8 Å². The minimum Gasteiger partial charge on any atom is -0.609 e. The second kappa shape index (κ2) is 11.6. The Labute approximate surface area is 221 Å². The molecular weight excluding hydrogens is 525 g/mol. The Hall–Kier alpha value is -3.32. The quantitative estimate of drug-likeness (QED) is 0.298. The Balaban J connectivity index is 1.84. The standard InChI is InChI=1S/C25H29F3N4O5S/c1-16-18(29-11-10-20(16)37-15-25(26,27)28)14-38(35)22-30-17-8-6-7-9-19(17)32(22)23(34)31(5)12-13-36-21(33)24(2,3)4/h6-11H,12-15H2,1-5H3. The van der Waals surface area contributed by atoms with E-state index in [1.54, 1.807) is 45.0 Å². The third-order valence-corrected chi connectivity index (χ3v) is 6.66. The van der Waals surface area contributed by atoms with Crippen molar-refractivity contribution in [1.29, 1.82) is 0 Å². The number of ether oxygens (including phenoxy) is 2. The monoisotopic (exact) mass is 554 g/mol. The van der Waals surface area contributed by atoms with Gasteiger partial charge in [-0.1, -0.05) is 12.1 Å². The number of nitrogens with zero attached hydrogens (tertiary/aromatic N) is 4. The molecule has 0 radical (unpaired) electrons. The largest absolute Gasteiger partial charge is 0.609 e. The average Bonchev–Trinajstić information content (AvgIpc) is 3.22. The van der Waals surface area contributed by atoms with Crippen molar-refractivity contribution < 1.29 is 36.8 Å². The van der Waals surface area contributed by atoms with Gasteiger partial charge >= 0.3 is 23.3 Å². The van der Waals surface area contributed by atoms with E-state index >= 15 is 0 Å². The van der Waals surface area contributed by atoms with Crippen LogP contribution in [-0.2, 0) is 26.5 Å². The Kier molecular flexibility index (Phi) is 8.93. The molecule has 1 unspecified atom stereocenters. The first kappa shape index (κ1) is 29.2. The molecule has 0 fully saturated rings. The summed E-state index contributed by atoms with van der Waals surface area (Å²) in [6.07, 6.45) is -3.24.